The number of nitrogens with zero attached hydrogens (tertiary/aromatic N) is 1. The average Bonchev–Trinajstić information content (AvgIpc) is 2.37. The Balaban J connectivity index is 2.31. The summed E-state index contributed by atoms with van der Waals surface area (Å²) in [5, 5.41) is 0.0172. The predicted octanol–water partition coefficient (Wildman–Crippen LogP) is 3.14. The third-order valence-electron chi connectivity index (χ3n) is 3.39. The summed E-state index contributed by atoms with van der Waals surface area (Å²) in [6.45, 7) is 3.47. The number of carbonyl (C=O) groups excluding carboxylic acids is 1. The van der Waals surface area contributed by atoms with E-state index in [-0.39, 0.29) is 15.8 Å². The lowest BCUT2D eigenvalue weighted by atomic mass is 9.99. The van der Waals surface area contributed by atoms with Crippen molar-refractivity contribution in [2.75, 3.05) is 13.1 Å². The molecule has 0 bridgehead atoms. The number of benzene rings is 1. The first-order valence-corrected chi connectivity index (χ1v) is 9.01. The highest BCUT2D eigenvalue weighted by atomic mass is 35.7. The number of hydrogen-bond donors (Lipinski definition) is 0. The monoisotopic (exact) mass is 335 g/mol. The van der Waals surface area contributed by atoms with E-state index < -0.39 is 9.05 Å². The van der Waals surface area contributed by atoms with Crippen LogP contribution in [0.5, 0.6) is 0 Å². The molecule has 1 aromatic carbocycles. The Bertz CT molecular complexity index is 631. The van der Waals surface area contributed by atoms with E-state index in [1.54, 1.807) is 4.90 Å². The molecule has 0 radical (unpaired) electrons. The largest absolute Gasteiger partial charge is 0.338 e. The molecule has 0 spiro atoms. The molecule has 1 heterocycles. The van der Waals surface area contributed by atoms with Crippen LogP contribution in [0.1, 0.15) is 30.1 Å². The summed E-state index contributed by atoms with van der Waals surface area (Å²) in [4.78, 5) is 13.9. The zero-order valence-corrected chi connectivity index (χ0v) is 13.3. The van der Waals surface area contributed by atoms with Crippen LogP contribution < -0.4 is 0 Å². The molecule has 1 aliphatic rings. The highest BCUT2D eigenvalue weighted by Gasteiger charge is 2.24. The van der Waals surface area contributed by atoms with Gasteiger partial charge in [0, 0.05) is 29.3 Å². The van der Waals surface area contributed by atoms with E-state index in [1.807, 2.05) is 0 Å². The van der Waals surface area contributed by atoms with Gasteiger partial charge in [-0.25, -0.2) is 8.42 Å². The smallest absolute Gasteiger partial charge is 0.262 e. The standard InChI is InChI=1S/C13H15Cl2NO3S/c1-9-3-2-6-16(8-9)13(17)10-4-5-11(14)12(7-10)20(15,18)19/h4-5,7,9H,2-3,6,8H2,1H3. The summed E-state index contributed by atoms with van der Waals surface area (Å²) < 4.78 is 22.8. The number of rotatable bonds is 2. The average molecular weight is 336 g/mol. The third kappa shape index (κ3) is 3.45. The molecule has 110 valence electrons. The Kier molecular flexibility index (Phi) is 4.62. The molecule has 1 aromatic rings. The molecule has 2 rings (SSSR count). The van der Waals surface area contributed by atoms with Crippen molar-refractivity contribution in [3.05, 3.63) is 28.8 Å². The van der Waals surface area contributed by atoms with Crippen LogP contribution in [0.25, 0.3) is 0 Å². The summed E-state index contributed by atoms with van der Waals surface area (Å²) in [7, 11) is 1.35. The fourth-order valence-corrected chi connectivity index (χ4v) is 3.87. The first kappa shape index (κ1) is 15.6. The minimum atomic E-state index is -3.96. The lowest BCUT2D eigenvalue weighted by Crippen LogP contribution is -2.39. The van der Waals surface area contributed by atoms with E-state index >= 15 is 0 Å². The number of piperidine rings is 1. The van der Waals surface area contributed by atoms with Crippen molar-refractivity contribution < 1.29 is 13.2 Å². The van der Waals surface area contributed by atoms with Crippen molar-refractivity contribution in [2.45, 2.75) is 24.7 Å². The fraction of sp³-hybridized carbons (Fsp3) is 0.462. The molecule has 0 aliphatic carbocycles. The summed E-state index contributed by atoms with van der Waals surface area (Å²) in [6.07, 6.45) is 2.06. The predicted molar refractivity (Wildman–Crippen MR) is 78.8 cm³/mol. The fourth-order valence-electron chi connectivity index (χ4n) is 2.38. The molecule has 1 saturated heterocycles. The van der Waals surface area contributed by atoms with Gasteiger partial charge in [0.25, 0.3) is 15.0 Å². The third-order valence-corrected chi connectivity index (χ3v) is 5.19. The van der Waals surface area contributed by atoms with Crippen molar-refractivity contribution in [3.8, 4) is 0 Å². The maximum absolute atomic E-state index is 12.4. The van der Waals surface area contributed by atoms with Crippen LogP contribution in [0, 0.1) is 5.92 Å². The molecule has 1 fully saturated rings. The molecule has 0 saturated carbocycles. The van der Waals surface area contributed by atoms with Gasteiger partial charge in [0.05, 0.1) is 5.02 Å². The molecule has 1 unspecified atom stereocenters. The molecule has 0 aromatic heterocycles. The molecular weight excluding hydrogens is 321 g/mol. The summed E-state index contributed by atoms with van der Waals surface area (Å²) >= 11 is 5.81. The first-order chi connectivity index (χ1) is 9.29. The zero-order chi connectivity index (χ0) is 14.9. The first-order valence-electron chi connectivity index (χ1n) is 6.32. The van der Waals surface area contributed by atoms with Crippen molar-refractivity contribution in [3.63, 3.8) is 0 Å². The van der Waals surface area contributed by atoms with Gasteiger partial charge in [-0.3, -0.25) is 4.79 Å². The van der Waals surface area contributed by atoms with Gasteiger partial charge in [0.2, 0.25) is 0 Å². The molecule has 0 N–H and O–H groups in total. The maximum Gasteiger partial charge on any atom is 0.262 e. The van der Waals surface area contributed by atoms with Crippen LogP contribution in [0.2, 0.25) is 5.02 Å². The van der Waals surface area contributed by atoms with Crippen LogP contribution in [-0.2, 0) is 9.05 Å². The number of amides is 1. The molecule has 1 amide bonds. The van der Waals surface area contributed by atoms with Crippen LogP contribution in [0.4, 0.5) is 0 Å². The SMILES string of the molecule is CC1CCCN(C(=O)c2ccc(Cl)c(S(=O)(=O)Cl)c2)C1. The highest BCUT2D eigenvalue weighted by molar-refractivity contribution is 8.13. The van der Waals surface area contributed by atoms with E-state index in [0.29, 0.717) is 24.6 Å². The Morgan fingerprint density at radius 2 is 2.10 bits per heavy atom. The Hall–Kier alpha value is -0.780. The molecule has 4 nitrogen and oxygen atoms in total. The van der Waals surface area contributed by atoms with Crippen LogP contribution in [0.3, 0.4) is 0 Å². The zero-order valence-electron chi connectivity index (χ0n) is 11.0. The van der Waals surface area contributed by atoms with Gasteiger partial charge in [-0.1, -0.05) is 18.5 Å². The van der Waals surface area contributed by atoms with Crippen LogP contribution in [-0.4, -0.2) is 32.3 Å². The lowest BCUT2D eigenvalue weighted by Gasteiger charge is -2.31. The van der Waals surface area contributed by atoms with E-state index in [9.17, 15) is 13.2 Å². The Labute approximate surface area is 128 Å². The Morgan fingerprint density at radius 1 is 1.40 bits per heavy atom. The van der Waals surface area contributed by atoms with Gasteiger partial charge >= 0.3 is 0 Å². The second-order valence-corrected chi connectivity index (χ2v) is 8.02. The highest BCUT2D eigenvalue weighted by Crippen LogP contribution is 2.27. The molecule has 7 heteroatoms. The van der Waals surface area contributed by atoms with E-state index in [4.69, 9.17) is 22.3 Å². The summed E-state index contributed by atoms with van der Waals surface area (Å²) in [6, 6.07) is 4.15. The maximum atomic E-state index is 12.4. The molecule has 20 heavy (non-hydrogen) atoms. The number of hydrogen-bond acceptors (Lipinski definition) is 3. The molecule has 1 aliphatic heterocycles. The van der Waals surface area contributed by atoms with Crippen LogP contribution in [0.15, 0.2) is 23.1 Å². The van der Waals surface area contributed by atoms with Gasteiger partial charge in [-0.05, 0) is 37.0 Å². The van der Waals surface area contributed by atoms with Gasteiger partial charge in [0.15, 0.2) is 0 Å². The Morgan fingerprint density at radius 3 is 2.70 bits per heavy atom. The second-order valence-electron chi connectivity index (χ2n) is 5.08. The number of halogens is 2. The van der Waals surface area contributed by atoms with Gasteiger partial charge < -0.3 is 4.90 Å². The summed E-state index contributed by atoms with van der Waals surface area (Å²) in [5.41, 5.74) is 0.294. The minimum absolute atomic E-state index is 0.0172. The van der Waals surface area contributed by atoms with Crippen molar-refractivity contribution in [1.29, 1.82) is 0 Å². The number of likely N-dealkylation sites (tertiary alicyclic amines) is 1. The van der Waals surface area contributed by atoms with E-state index in [2.05, 4.69) is 6.92 Å². The van der Waals surface area contributed by atoms with Gasteiger partial charge in [-0.2, -0.15) is 0 Å². The molecular formula is C13H15Cl2NO3S. The molecule has 1 atom stereocenters. The summed E-state index contributed by atoms with van der Waals surface area (Å²) in [5.74, 6) is 0.269. The van der Waals surface area contributed by atoms with E-state index in [1.165, 1.54) is 18.2 Å². The van der Waals surface area contributed by atoms with Gasteiger partial charge in [-0.15, -0.1) is 0 Å². The lowest BCUT2D eigenvalue weighted by molar-refractivity contribution is 0.0683. The topological polar surface area (TPSA) is 54.5 Å². The minimum Gasteiger partial charge on any atom is -0.338 e. The quantitative estimate of drug-likeness (QED) is 0.780. The normalized spacial score (nSPS) is 19.9. The second kappa shape index (κ2) is 5.92. The van der Waals surface area contributed by atoms with Crippen molar-refractivity contribution >= 4 is 37.2 Å². The van der Waals surface area contributed by atoms with E-state index in [0.717, 1.165) is 12.8 Å². The van der Waals surface area contributed by atoms with Crippen molar-refractivity contribution in [1.82, 2.24) is 4.90 Å². The van der Waals surface area contributed by atoms with Crippen molar-refractivity contribution in [2.24, 2.45) is 5.92 Å². The van der Waals surface area contributed by atoms with Gasteiger partial charge in [0.1, 0.15) is 4.90 Å². The van der Waals surface area contributed by atoms with Crippen LogP contribution >= 0.6 is 22.3 Å². The number of carbonyl (C=O) groups is 1.